The van der Waals surface area contributed by atoms with Crippen molar-refractivity contribution in [2.75, 3.05) is 6.61 Å². The standard InChI is InChI=1S/C8H17O.2H2O.Sb/c1-3-5-6-8(4-2)7-9;;;/h8H,3-7H2,1-2H3;2*1H2;/q-1;;;+3/p-2. The molecule has 0 radical (unpaired) electrons. The zero-order chi connectivity index (χ0) is 9.40. The van der Waals surface area contributed by atoms with E-state index in [4.69, 9.17) is 9.79 Å². The Bertz CT molecular complexity index is 98.3. The van der Waals surface area contributed by atoms with Crippen LogP contribution in [0.1, 0.15) is 39.5 Å². The third kappa shape index (κ3) is 7.35. The molecule has 0 rings (SSSR count). The summed E-state index contributed by atoms with van der Waals surface area (Å²) in [7, 11) is 0. The first-order valence-corrected chi connectivity index (χ1v) is 7.84. The van der Waals surface area contributed by atoms with Crippen molar-refractivity contribution in [3.63, 3.8) is 0 Å². The molecule has 2 N–H and O–H groups in total. The molecule has 0 aliphatic rings. The van der Waals surface area contributed by atoms with Gasteiger partial charge in [0.05, 0.1) is 0 Å². The number of hydrogen-bond acceptors (Lipinski definition) is 3. The van der Waals surface area contributed by atoms with E-state index in [0.717, 1.165) is 12.8 Å². The maximum absolute atomic E-state index is 8.64. The molecule has 0 aromatic carbocycles. The van der Waals surface area contributed by atoms with Gasteiger partial charge < -0.3 is 0 Å². The van der Waals surface area contributed by atoms with E-state index in [1.807, 2.05) is 0 Å². The molecular weight excluding hydrogens is 266 g/mol. The number of rotatable bonds is 7. The van der Waals surface area contributed by atoms with Crippen LogP contribution in [-0.4, -0.2) is 34.8 Å². The molecule has 0 aliphatic carbocycles. The van der Waals surface area contributed by atoms with Crippen LogP contribution in [0.15, 0.2) is 0 Å². The van der Waals surface area contributed by atoms with Crippen LogP contribution < -0.4 is 0 Å². The van der Waals surface area contributed by atoms with E-state index < -0.39 is 21.5 Å². The van der Waals surface area contributed by atoms with Gasteiger partial charge in [0.2, 0.25) is 0 Å². The summed E-state index contributed by atoms with van der Waals surface area (Å²) < 4.78 is 22.2. The van der Waals surface area contributed by atoms with E-state index >= 15 is 0 Å². The Morgan fingerprint density at radius 1 is 1.33 bits per heavy atom. The molecule has 0 spiro atoms. The molecule has 1 atom stereocenters. The molecule has 4 heteroatoms. The predicted molar refractivity (Wildman–Crippen MR) is 49.4 cm³/mol. The first-order chi connectivity index (χ1) is 5.70. The summed E-state index contributed by atoms with van der Waals surface area (Å²) in [5, 5.41) is 0. The minimum absolute atomic E-state index is 0.510. The molecule has 0 bridgehead atoms. The summed E-state index contributed by atoms with van der Waals surface area (Å²) in [5.74, 6) is 0.510. The fourth-order valence-corrected chi connectivity index (χ4v) is 2.05. The monoisotopic (exact) mass is 284 g/mol. The van der Waals surface area contributed by atoms with Crippen LogP contribution in [0.25, 0.3) is 0 Å². The van der Waals surface area contributed by atoms with Crippen LogP contribution in [0.3, 0.4) is 0 Å². The molecule has 1 unspecified atom stereocenters. The number of unbranched alkanes of at least 4 members (excludes halogenated alkanes) is 1. The number of hydrogen-bond donors (Lipinski definition) is 2. The van der Waals surface area contributed by atoms with Gasteiger partial charge in [-0.3, -0.25) is 0 Å². The van der Waals surface area contributed by atoms with Crippen LogP contribution in [0.5, 0.6) is 0 Å². The molecule has 0 aliphatic heterocycles. The second-order valence-corrected chi connectivity index (χ2v) is 5.14. The second kappa shape index (κ2) is 8.30. The molecule has 3 nitrogen and oxygen atoms in total. The second-order valence-electron chi connectivity index (χ2n) is 2.97. The van der Waals surface area contributed by atoms with Gasteiger partial charge in [-0.2, -0.15) is 0 Å². The zero-order valence-electron chi connectivity index (χ0n) is 7.86. The summed E-state index contributed by atoms with van der Waals surface area (Å²) in [6, 6.07) is 0. The zero-order valence-corrected chi connectivity index (χ0v) is 10.4. The van der Waals surface area contributed by atoms with Crippen LogP contribution in [0, 0.1) is 5.92 Å². The minimum atomic E-state index is -3.15. The summed E-state index contributed by atoms with van der Waals surface area (Å²) in [5.41, 5.74) is 0. The van der Waals surface area contributed by atoms with E-state index in [-0.39, 0.29) is 0 Å². The van der Waals surface area contributed by atoms with Crippen LogP contribution >= 0.6 is 0 Å². The van der Waals surface area contributed by atoms with Gasteiger partial charge in [-0.1, -0.05) is 0 Å². The summed E-state index contributed by atoms with van der Waals surface area (Å²) in [6.07, 6.45) is 4.60. The molecule has 0 fully saturated rings. The summed E-state index contributed by atoms with van der Waals surface area (Å²) in [4.78, 5) is 0. The Morgan fingerprint density at radius 3 is 2.42 bits per heavy atom. The van der Waals surface area contributed by atoms with E-state index in [2.05, 4.69) is 13.8 Å². The van der Waals surface area contributed by atoms with Gasteiger partial charge in [0.1, 0.15) is 0 Å². The Kier molecular flexibility index (Phi) is 8.79. The molecule has 0 saturated heterocycles. The first-order valence-electron chi connectivity index (χ1n) is 4.51. The fraction of sp³-hybridized carbons (Fsp3) is 1.00. The van der Waals surface area contributed by atoms with Gasteiger partial charge in [-0.25, -0.2) is 0 Å². The fourth-order valence-electron chi connectivity index (χ4n) is 1.07. The van der Waals surface area contributed by atoms with Crippen molar-refractivity contribution in [3.05, 3.63) is 0 Å². The van der Waals surface area contributed by atoms with Crippen molar-refractivity contribution in [2.45, 2.75) is 39.5 Å². The van der Waals surface area contributed by atoms with Gasteiger partial charge in [0.15, 0.2) is 0 Å². The molecule has 74 valence electrons. The maximum atomic E-state index is 8.64. The average molecular weight is 285 g/mol. The first kappa shape index (κ1) is 12.7. The normalized spacial score (nSPS) is 13.8. The Balaban J connectivity index is 3.39. The summed E-state index contributed by atoms with van der Waals surface area (Å²) >= 11 is -3.15. The molecular formula is C8H19O3Sb. The van der Waals surface area contributed by atoms with Crippen LogP contribution in [0.2, 0.25) is 0 Å². The van der Waals surface area contributed by atoms with Crippen LogP contribution in [0.4, 0.5) is 0 Å². The molecule has 0 aromatic rings. The van der Waals surface area contributed by atoms with E-state index in [1.165, 1.54) is 12.8 Å². The third-order valence-corrected chi connectivity index (χ3v) is 3.05. The molecule has 0 aromatic heterocycles. The van der Waals surface area contributed by atoms with Crippen molar-refractivity contribution in [1.29, 1.82) is 0 Å². The summed E-state index contributed by atoms with van der Waals surface area (Å²) in [6.45, 7) is 4.80. The van der Waals surface area contributed by atoms with Gasteiger partial charge in [0.25, 0.3) is 0 Å². The third-order valence-electron chi connectivity index (χ3n) is 1.97. The van der Waals surface area contributed by atoms with E-state index in [9.17, 15) is 0 Å². The quantitative estimate of drug-likeness (QED) is 0.691. The van der Waals surface area contributed by atoms with Gasteiger partial charge in [0, 0.05) is 0 Å². The average Bonchev–Trinajstić information content (AvgIpc) is 2.05. The van der Waals surface area contributed by atoms with Gasteiger partial charge >= 0.3 is 83.3 Å². The van der Waals surface area contributed by atoms with Crippen LogP contribution in [-0.2, 0) is 3.02 Å². The molecule has 0 amide bonds. The molecule has 0 saturated carbocycles. The Labute approximate surface area is 83.4 Å². The molecule has 12 heavy (non-hydrogen) atoms. The van der Waals surface area contributed by atoms with E-state index in [1.54, 1.807) is 0 Å². The van der Waals surface area contributed by atoms with Crippen molar-refractivity contribution in [1.82, 2.24) is 0 Å². The van der Waals surface area contributed by atoms with E-state index in [0.29, 0.717) is 12.5 Å². The Morgan fingerprint density at radius 2 is 2.00 bits per heavy atom. The van der Waals surface area contributed by atoms with Crippen molar-refractivity contribution >= 4 is 21.5 Å². The predicted octanol–water partition coefficient (Wildman–Crippen LogP) is 1.19. The van der Waals surface area contributed by atoms with Crippen molar-refractivity contribution < 1.29 is 9.79 Å². The Hall–Kier alpha value is 0.698. The van der Waals surface area contributed by atoms with Gasteiger partial charge in [-0.05, 0) is 0 Å². The van der Waals surface area contributed by atoms with Crippen molar-refractivity contribution in [2.24, 2.45) is 5.92 Å². The topological polar surface area (TPSA) is 49.7 Å². The van der Waals surface area contributed by atoms with Crippen molar-refractivity contribution in [3.8, 4) is 0 Å². The SMILES string of the molecule is CCCCC(CC)C[O][Sb]([OH])[OH]. The molecule has 0 heterocycles. The van der Waals surface area contributed by atoms with Gasteiger partial charge in [-0.15, -0.1) is 0 Å².